The van der Waals surface area contributed by atoms with Crippen LogP contribution in [0, 0.1) is 0 Å². The van der Waals surface area contributed by atoms with E-state index in [2.05, 4.69) is 142 Å². The number of esters is 2. The van der Waals surface area contributed by atoms with Crippen molar-refractivity contribution in [3.05, 3.63) is 122 Å². The highest BCUT2D eigenvalue weighted by Gasteiger charge is 2.17. The monoisotopic (exact) mass is 913 g/mol. The molecule has 0 aliphatic rings. The minimum Gasteiger partial charge on any atom is -0.462 e. The number of allylic oxidation sites excluding steroid dienone is 20. The van der Waals surface area contributed by atoms with Crippen LogP contribution in [0.2, 0.25) is 0 Å². The normalized spacial score (nSPS) is 13.2. The summed E-state index contributed by atoms with van der Waals surface area (Å²) in [5, 5.41) is 0. The van der Waals surface area contributed by atoms with Gasteiger partial charge in [-0.2, -0.15) is 0 Å². The maximum atomic E-state index is 12.8. The molecule has 0 aliphatic heterocycles. The average molecular weight is 913 g/mol. The topological polar surface area (TPSA) is 61.8 Å². The molecule has 0 radical (unpaired) electrons. The molecule has 5 heteroatoms. The summed E-state index contributed by atoms with van der Waals surface area (Å²) < 4.78 is 17.3. The molecule has 0 unspecified atom stereocenters. The van der Waals surface area contributed by atoms with Crippen molar-refractivity contribution in [3.63, 3.8) is 0 Å². The molecule has 0 bridgehead atoms. The van der Waals surface area contributed by atoms with Gasteiger partial charge in [-0.3, -0.25) is 9.59 Å². The van der Waals surface area contributed by atoms with Crippen LogP contribution in [0.25, 0.3) is 0 Å². The maximum Gasteiger partial charge on any atom is 0.306 e. The third-order valence-electron chi connectivity index (χ3n) is 11.0. The Kier molecular flexibility index (Phi) is 52.5. The quantitative estimate of drug-likeness (QED) is 0.0346. The van der Waals surface area contributed by atoms with Gasteiger partial charge in [-0.25, -0.2) is 0 Å². The molecule has 0 aromatic heterocycles. The lowest BCUT2D eigenvalue weighted by Gasteiger charge is -2.18. The molecule has 0 aromatic rings. The number of hydrogen-bond acceptors (Lipinski definition) is 5. The van der Waals surface area contributed by atoms with Crippen molar-refractivity contribution in [2.24, 2.45) is 0 Å². The lowest BCUT2D eigenvalue weighted by molar-refractivity contribution is -0.162. The number of carbonyl (C=O) groups excluding carboxylic acids is 2. The molecule has 0 aliphatic carbocycles. The van der Waals surface area contributed by atoms with Gasteiger partial charge in [-0.1, -0.05) is 239 Å². The highest BCUT2D eigenvalue weighted by molar-refractivity contribution is 5.70. The predicted molar refractivity (Wildman–Crippen MR) is 288 cm³/mol. The van der Waals surface area contributed by atoms with Crippen LogP contribution in [0.3, 0.4) is 0 Å². The molecule has 0 fully saturated rings. The molecule has 0 amide bonds. The van der Waals surface area contributed by atoms with E-state index in [1.165, 1.54) is 89.9 Å². The fraction of sp³-hybridized carbons (Fsp3) is 0.639. The van der Waals surface area contributed by atoms with E-state index in [0.717, 1.165) is 96.3 Å². The molecule has 0 rings (SSSR count). The molecule has 0 spiro atoms. The fourth-order valence-corrected chi connectivity index (χ4v) is 7.05. The Hall–Kier alpha value is -3.70. The van der Waals surface area contributed by atoms with Crippen molar-refractivity contribution in [1.29, 1.82) is 0 Å². The zero-order valence-corrected chi connectivity index (χ0v) is 42.9. The Bertz CT molecular complexity index is 1350. The number of carbonyl (C=O) groups is 2. The first-order chi connectivity index (χ1) is 32.6. The molecule has 1 atom stereocenters. The van der Waals surface area contributed by atoms with Gasteiger partial charge in [0.2, 0.25) is 0 Å². The first-order valence-corrected chi connectivity index (χ1v) is 27.1. The summed E-state index contributed by atoms with van der Waals surface area (Å²) in [6.07, 6.45) is 78.0. The Morgan fingerprint density at radius 1 is 0.348 bits per heavy atom. The predicted octanol–water partition coefficient (Wildman–Crippen LogP) is 18.6. The SMILES string of the molecule is CC/C=C\C/C=C\C/C=C\C/C=C\C/C=C\CCCC(=O)OC[C@@H](COCCCCCCCCCCCCCCCCCC)OC(=O)CCC/C=C\C/C=C\C/C=C\C/C=C\C/C=C\CC. The Balaban J connectivity index is 4.47. The van der Waals surface area contributed by atoms with Gasteiger partial charge in [0.25, 0.3) is 0 Å². The third-order valence-corrected chi connectivity index (χ3v) is 11.0. The molecule has 374 valence electrons. The summed E-state index contributed by atoms with van der Waals surface area (Å²) in [5.74, 6) is -0.535. The van der Waals surface area contributed by atoms with E-state index in [-0.39, 0.29) is 25.2 Å². The highest BCUT2D eigenvalue weighted by Crippen LogP contribution is 2.14. The van der Waals surface area contributed by atoms with Gasteiger partial charge in [0.05, 0.1) is 6.61 Å². The number of hydrogen-bond donors (Lipinski definition) is 0. The molecule has 0 saturated carbocycles. The van der Waals surface area contributed by atoms with Gasteiger partial charge in [-0.15, -0.1) is 0 Å². The van der Waals surface area contributed by atoms with Crippen LogP contribution in [0.5, 0.6) is 0 Å². The first kappa shape index (κ1) is 62.3. The van der Waals surface area contributed by atoms with Crippen LogP contribution in [0.15, 0.2) is 122 Å². The third kappa shape index (κ3) is 52.9. The minimum absolute atomic E-state index is 0.0278. The van der Waals surface area contributed by atoms with Crippen molar-refractivity contribution < 1.29 is 23.8 Å². The lowest BCUT2D eigenvalue weighted by Crippen LogP contribution is -2.30. The number of rotatable bonds is 48. The zero-order valence-electron chi connectivity index (χ0n) is 42.9. The molecule has 0 N–H and O–H groups in total. The zero-order chi connectivity index (χ0) is 47.7. The van der Waals surface area contributed by atoms with Crippen LogP contribution in [-0.2, 0) is 23.8 Å². The van der Waals surface area contributed by atoms with Gasteiger partial charge >= 0.3 is 11.9 Å². The molecule has 0 heterocycles. The lowest BCUT2D eigenvalue weighted by atomic mass is 10.0. The molecular formula is C61H100O5. The summed E-state index contributed by atoms with van der Waals surface area (Å²) in [6, 6.07) is 0. The summed E-state index contributed by atoms with van der Waals surface area (Å²) in [6.45, 7) is 7.48. The van der Waals surface area contributed by atoms with Gasteiger partial charge in [0, 0.05) is 19.4 Å². The van der Waals surface area contributed by atoms with E-state index < -0.39 is 6.10 Å². The van der Waals surface area contributed by atoms with Gasteiger partial charge in [0.15, 0.2) is 6.10 Å². The van der Waals surface area contributed by atoms with E-state index in [1.54, 1.807) is 0 Å². The number of unbranched alkanes of at least 4 members (excludes halogenated alkanes) is 17. The van der Waals surface area contributed by atoms with Crippen molar-refractivity contribution in [2.75, 3.05) is 19.8 Å². The average Bonchev–Trinajstić information content (AvgIpc) is 3.32. The molecule has 5 nitrogen and oxygen atoms in total. The second-order valence-electron chi connectivity index (χ2n) is 17.4. The Labute approximate surface area is 407 Å². The summed E-state index contributed by atoms with van der Waals surface area (Å²) in [4.78, 5) is 25.4. The van der Waals surface area contributed by atoms with Crippen LogP contribution in [0.4, 0.5) is 0 Å². The van der Waals surface area contributed by atoms with E-state index in [9.17, 15) is 9.59 Å². The van der Waals surface area contributed by atoms with Crippen molar-refractivity contribution >= 4 is 11.9 Å². The summed E-state index contributed by atoms with van der Waals surface area (Å²) in [5.41, 5.74) is 0. The van der Waals surface area contributed by atoms with E-state index in [0.29, 0.717) is 25.9 Å². The standard InChI is InChI=1S/C61H100O5/c1-4-7-10-13-16-19-22-25-28-31-33-36-39-42-45-48-51-54-60(62)65-58-59(57-64-56-53-50-47-44-41-38-35-30-27-24-21-18-15-12-9-6-3)66-61(63)55-52-49-46-43-40-37-34-32-29-26-23-20-17-14-11-8-5-2/h7-8,10-11,16-17,19-20,25-26,28-29,33-34,36-37,42-43,45-46,59H,4-6,9,12-15,18,21-24,27,30-32,35,38-41,44,47-58H2,1-3H3/b10-7-,11-8-,19-16-,20-17-,28-25-,29-26-,36-33-,37-34-,45-42-,46-43-/t59-/m1/s1. The molecule has 0 aromatic carbocycles. The molecule has 0 saturated heterocycles. The number of ether oxygens (including phenoxy) is 3. The minimum atomic E-state index is -0.595. The van der Waals surface area contributed by atoms with Gasteiger partial charge in [-0.05, 0) is 96.3 Å². The van der Waals surface area contributed by atoms with E-state index in [1.807, 2.05) is 0 Å². The van der Waals surface area contributed by atoms with Crippen LogP contribution < -0.4 is 0 Å². The summed E-state index contributed by atoms with van der Waals surface area (Å²) in [7, 11) is 0. The largest absolute Gasteiger partial charge is 0.462 e. The van der Waals surface area contributed by atoms with Gasteiger partial charge in [0.1, 0.15) is 6.61 Å². The first-order valence-electron chi connectivity index (χ1n) is 27.1. The van der Waals surface area contributed by atoms with Gasteiger partial charge < -0.3 is 14.2 Å². The highest BCUT2D eigenvalue weighted by atomic mass is 16.6. The second kappa shape index (κ2) is 55.6. The van der Waals surface area contributed by atoms with Crippen molar-refractivity contribution in [1.82, 2.24) is 0 Å². The van der Waals surface area contributed by atoms with E-state index in [4.69, 9.17) is 14.2 Å². The smallest absolute Gasteiger partial charge is 0.306 e. The van der Waals surface area contributed by atoms with E-state index >= 15 is 0 Å². The maximum absolute atomic E-state index is 12.8. The van der Waals surface area contributed by atoms with Crippen LogP contribution in [-0.4, -0.2) is 37.9 Å². The van der Waals surface area contributed by atoms with Crippen LogP contribution >= 0.6 is 0 Å². The summed E-state index contributed by atoms with van der Waals surface area (Å²) >= 11 is 0. The fourth-order valence-electron chi connectivity index (χ4n) is 7.05. The molecule has 66 heavy (non-hydrogen) atoms. The Morgan fingerprint density at radius 3 is 1.03 bits per heavy atom. The Morgan fingerprint density at radius 2 is 0.667 bits per heavy atom. The van der Waals surface area contributed by atoms with Crippen molar-refractivity contribution in [2.45, 2.75) is 232 Å². The molecular weight excluding hydrogens is 813 g/mol. The van der Waals surface area contributed by atoms with Crippen molar-refractivity contribution in [3.8, 4) is 0 Å². The van der Waals surface area contributed by atoms with Crippen LogP contribution in [0.1, 0.15) is 226 Å². The second-order valence-corrected chi connectivity index (χ2v) is 17.4.